The predicted molar refractivity (Wildman–Crippen MR) is 105 cm³/mol. The number of hydrogen-bond acceptors (Lipinski definition) is 4. The molecule has 0 atom stereocenters. The fourth-order valence-corrected chi connectivity index (χ4v) is 2.84. The number of methoxy groups -OCH3 is 1. The predicted octanol–water partition coefficient (Wildman–Crippen LogP) is 4.04. The van der Waals surface area contributed by atoms with Gasteiger partial charge in [0.25, 0.3) is 0 Å². The van der Waals surface area contributed by atoms with Crippen LogP contribution in [0.2, 0.25) is 0 Å². The number of nitrogens with one attached hydrogen (secondary N) is 2. The molecule has 2 aromatic rings. The smallest absolute Gasteiger partial charge is 0.339 e. The molecule has 0 aliphatic rings. The Hall–Kier alpha value is -2.82. The van der Waals surface area contributed by atoms with Gasteiger partial charge in [0.2, 0.25) is 5.91 Å². The Kier molecular flexibility index (Phi) is 7.21. The molecule has 26 heavy (non-hydrogen) atoms. The van der Waals surface area contributed by atoms with Gasteiger partial charge in [0, 0.05) is 24.3 Å². The van der Waals surface area contributed by atoms with Crippen LogP contribution in [0.15, 0.2) is 42.5 Å². The highest BCUT2D eigenvalue weighted by Gasteiger charge is 2.12. The van der Waals surface area contributed by atoms with Crippen LogP contribution in [0.25, 0.3) is 0 Å². The molecular weight excluding hydrogens is 328 g/mol. The third-order valence-corrected chi connectivity index (χ3v) is 4.26. The third kappa shape index (κ3) is 4.85. The molecule has 5 nitrogen and oxygen atoms in total. The fourth-order valence-electron chi connectivity index (χ4n) is 2.84. The fraction of sp³-hybridized carbons (Fsp3) is 0.333. The lowest BCUT2D eigenvalue weighted by molar-refractivity contribution is -0.116. The molecule has 0 saturated heterocycles. The molecule has 0 spiro atoms. The van der Waals surface area contributed by atoms with Crippen molar-refractivity contribution in [2.75, 3.05) is 24.3 Å². The lowest BCUT2D eigenvalue weighted by atomic mass is 10.0. The van der Waals surface area contributed by atoms with Crippen molar-refractivity contribution in [3.8, 4) is 0 Å². The van der Waals surface area contributed by atoms with Crippen LogP contribution in [0.3, 0.4) is 0 Å². The van der Waals surface area contributed by atoms with Crippen molar-refractivity contribution in [3.63, 3.8) is 0 Å². The summed E-state index contributed by atoms with van der Waals surface area (Å²) < 4.78 is 4.78. The van der Waals surface area contributed by atoms with Crippen molar-refractivity contribution in [2.24, 2.45) is 0 Å². The maximum Gasteiger partial charge on any atom is 0.339 e. The van der Waals surface area contributed by atoms with Crippen molar-refractivity contribution in [1.82, 2.24) is 0 Å². The highest BCUT2D eigenvalue weighted by molar-refractivity contribution is 5.96. The van der Waals surface area contributed by atoms with Gasteiger partial charge in [0.05, 0.1) is 12.7 Å². The maximum atomic E-state index is 12.4. The van der Waals surface area contributed by atoms with Gasteiger partial charge in [-0.3, -0.25) is 4.79 Å². The summed E-state index contributed by atoms with van der Waals surface area (Å²) in [4.78, 5) is 24.1. The average Bonchev–Trinajstić information content (AvgIpc) is 2.67. The zero-order valence-corrected chi connectivity index (χ0v) is 15.6. The minimum Gasteiger partial charge on any atom is -0.465 e. The first-order valence-electron chi connectivity index (χ1n) is 8.92. The van der Waals surface area contributed by atoms with E-state index in [1.807, 2.05) is 24.3 Å². The summed E-state index contributed by atoms with van der Waals surface area (Å²) in [5.41, 5.74) is 4.33. The standard InChI is InChI=1S/C21H26N2O3/c1-4-15-9-8-10-16(5-2)20(15)23-19(24)13-14-22-18-12-7-6-11-17(18)21(25)26-3/h6-12,22H,4-5,13-14H2,1-3H3,(H,23,24). The van der Waals surface area contributed by atoms with E-state index < -0.39 is 5.97 Å². The van der Waals surface area contributed by atoms with Crippen molar-refractivity contribution < 1.29 is 14.3 Å². The van der Waals surface area contributed by atoms with E-state index in [2.05, 4.69) is 24.5 Å². The molecule has 0 unspecified atom stereocenters. The van der Waals surface area contributed by atoms with Crippen LogP contribution in [-0.2, 0) is 22.4 Å². The summed E-state index contributed by atoms with van der Waals surface area (Å²) in [6, 6.07) is 13.2. The molecule has 0 aromatic heterocycles. The van der Waals surface area contributed by atoms with Crippen LogP contribution in [0.4, 0.5) is 11.4 Å². The monoisotopic (exact) mass is 354 g/mol. The lowest BCUT2D eigenvalue weighted by Crippen LogP contribution is -2.19. The Labute approximate surface area is 154 Å². The Morgan fingerprint density at radius 3 is 2.23 bits per heavy atom. The van der Waals surface area contributed by atoms with Gasteiger partial charge >= 0.3 is 5.97 Å². The molecule has 0 heterocycles. The van der Waals surface area contributed by atoms with Crippen LogP contribution in [0.5, 0.6) is 0 Å². The number of carbonyl (C=O) groups excluding carboxylic acids is 2. The molecule has 2 aromatic carbocycles. The van der Waals surface area contributed by atoms with E-state index in [0.29, 0.717) is 24.2 Å². The molecule has 5 heteroatoms. The number of carbonyl (C=O) groups is 2. The minimum atomic E-state index is -0.401. The Morgan fingerprint density at radius 1 is 0.962 bits per heavy atom. The van der Waals surface area contributed by atoms with Gasteiger partial charge in [-0.1, -0.05) is 44.2 Å². The number of ether oxygens (including phenoxy) is 1. The molecule has 1 amide bonds. The van der Waals surface area contributed by atoms with E-state index in [-0.39, 0.29) is 5.91 Å². The minimum absolute atomic E-state index is 0.0522. The van der Waals surface area contributed by atoms with Crippen molar-refractivity contribution in [2.45, 2.75) is 33.1 Å². The number of hydrogen-bond donors (Lipinski definition) is 2. The van der Waals surface area contributed by atoms with Gasteiger partial charge < -0.3 is 15.4 Å². The van der Waals surface area contributed by atoms with E-state index in [1.165, 1.54) is 7.11 Å². The van der Waals surface area contributed by atoms with Crippen LogP contribution in [-0.4, -0.2) is 25.5 Å². The normalized spacial score (nSPS) is 10.3. The summed E-state index contributed by atoms with van der Waals surface area (Å²) in [6.45, 7) is 4.58. The third-order valence-electron chi connectivity index (χ3n) is 4.26. The molecule has 0 fully saturated rings. The molecule has 0 saturated carbocycles. The van der Waals surface area contributed by atoms with Crippen LogP contribution < -0.4 is 10.6 Å². The first-order valence-corrected chi connectivity index (χ1v) is 8.92. The summed E-state index contributed by atoms with van der Waals surface area (Å²) in [5, 5.41) is 6.19. The summed E-state index contributed by atoms with van der Waals surface area (Å²) in [6.07, 6.45) is 2.04. The second-order valence-electron chi connectivity index (χ2n) is 5.92. The highest BCUT2D eigenvalue weighted by Crippen LogP contribution is 2.23. The van der Waals surface area contributed by atoms with E-state index in [1.54, 1.807) is 18.2 Å². The van der Waals surface area contributed by atoms with E-state index >= 15 is 0 Å². The largest absolute Gasteiger partial charge is 0.465 e. The van der Waals surface area contributed by atoms with Gasteiger partial charge in [-0.25, -0.2) is 4.79 Å². The number of esters is 1. The van der Waals surface area contributed by atoms with Gasteiger partial charge in [-0.15, -0.1) is 0 Å². The van der Waals surface area contributed by atoms with Crippen molar-refractivity contribution >= 4 is 23.3 Å². The number of para-hydroxylation sites is 2. The summed E-state index contributed by atoms with van der Waals surface area (Å²) in [7, 11) is 1.35. The lowest BCUT2D eigenvalue weighted by Gasteiger charge is -2.15. The van der Waals surface area contributed by atoms with Crippen molar-refractivity contribution in [1.29, 1.82) is 0 Å². The van der Waals surface area contributed by atoms with E-state index in [0.717, 1.165) is 29.7 Å². The average molecular weight is 354 g/mol. The number of amides is 1. The summed E-state index contributed by atoms with van der Waals surface area (Å²) in [5.74, 6) is -0.453. The molecule has 138 valence electrons. The van der Waals surface area contributed by atoms with Crippen LogP contribution >= 0.6 is 0 Å². The quantitative estimate of drug-likeness (QED) is 0.702. The van der Waals surface area contributed by atoms with Gasteiger partial charge in [-0.05, 0) is 36.1 Å². The van der Waals surface area contributed by atoms with Gasteiger partial charge in [0.15, 0.2) is 0 Å². The molecule has 2 N–H and O–H groups in total. The van der Waals surface area contributed by atoms with Gasteiger partial charge in [0.1, 0.15) is 0 Å². The maximum absolute atomic E-state index is 12.4. The number of anilines is 2. The Morgan fingerprint density at radius 2 is 1.62 bits per heavy atom. The molecule has 0 bridgehead atoms. The molecule has 2 rings (SSSR count). The van der Waals surface area contributed by atoms with Gasteiger partial charge in [-0.2, -0.15) is 0 Å². The zero-order valence-electron chi connectivity index (χ0n) is 15.6. The number of benzene rings is 2. The zero-order chi connectivity index (χ0) is 18.9. The van der Waals surface area contributed by atoms with E-state index in [9.17, 15) is 9.59 Å². The van der Waals surface area contributed by atoms with E-state index in [4.69, 9.17) is 4.74 Å². The molecule has 0 aliphatic carbocycles. The number of rotatable bonds is 8. The second-order valence-corrected chi connectivity index (χ2v) is 5.92. The molecule has 0 radical (unpaired) electrons. The number of aryl methyl sites for hydroxylation is 2. The Balaban J connectivity index is 1.98. The first-order chi connectivity index (χ1) is 12.6. The topological polar surface area (TPSA) is 67.4 Å². The van der Waals surface area contributed by atoms with Crippen LogP contribution in [0, 0.1) is 0 Å². The van der Waals surface area contributed by atoms with Crippen molar-refractivity contribution in [3.05, 3.63) is 59.2 Å². The molecular formula is C21H26N2O3. The summed E-state index contributed by atoms with van der Waals surface area (Å²) >= 11 is 0. The highest BCUT2D eigenvalue weighted by atomic mass is 16.5. The Bertz CT molecular complexity index is 749. The molecule has 0 aliphatic heterocycles. The first kappa shape index (κ1) is 19.5. The SMILES string of the molecule is CCc1cccc(CC)c1NC(=O)CCNc1ccccc1C(=O)OC. The van der Waals surface area contributed by atoms with Crippen LogP contribution in [0.1, 0.15) is 41.8 Å². The second kappa shape index (κ2) is 9.61.